The second-order valence-electron chi connectivity index (χ2n) is 4.07. The maximum Gasteiger partial charge on any atom is 0.495 e. The minimum atomic E-state index is -0.979. The molecule has 2 aromatic carbocycles. The lowest BCUT2D eigenvalue weighted by molar-refractivity contribution is -0.113. The van der Waals surface area contributed by atoms with Crippen molar-refractivity contribution in [2.45, 2.75) is 6.10 Å². The third-order valence-corrected chi connectivity index (χ3v) is 3.32. The van der Waals surface area contributed by atoms with Crippen LogP contribution >= 0.6 is 8.69 Å². The van der Waals surface area contributed by atoms with Crippen LogP contribution in [0, 0.1) is 0 Å². The van der Waals surface area contributed by atoms with Gasteiger partial charge in [0.2, 0.25) is 0 Å². The fraction of sp³-hybridized carbons (Fsp3) is 0.133. The van der Waals surface area contributed by atoms with Crippen molar-refractivity contribution in [1.29, 1.82) is 0 Å². The molecule has 102 valence electrons. The minimum absolute atomic E-state index is 0.646. The molecule has 0 heterocycles. The van der Waals surface area contributed by atoms with Crippen LogP contribution in [-0.2, 0) is 13.9 Å². The molecule has 0 aromatic heterocycles. The number of hydrogen-bond acceptors (Lipinski definition) is 4. The first-order valence-electron chi connectivity index (χ1n) is 6.01. The Morgan fingerprint density at radius 2 is 1.80 bits per heavy atom. The first kappa shape index (κ1) is 14.4. The lowest BCUT2D eigenvalue weighted by atomic mass is 9.96. The molecule has 5 heteroatoms. The van der Waals surface area contributed by atoms with Crippen molar-refractivity contribution >= 4 is 15.0 Å². The van der Waals surface area contributed by atoms with E-state index >= 15 is 0 Å². The van der Waals surface area contributed by atoms with Crippen molar-refractivity contribution in [3.63, 3.8) is 0 Å². The van der Waals surface area contributed by atoms with E-state index in [4.69, 9.17) is 9.26 Å². The number of benzene rings is 2. The van der Waals surface area contributed by atoms with Gasteiger partial charge in [0.15, 0.2) is 12.4 Å². The van der Waals surface area contributed by atoms with Crippen molar-refractivity contribution in [2.24, 2.45) is 0 Å². The standard InChI is InChI=1S/C15H14O4P/c1-18-12-8-6-11(7-9-12)13-4-2-3-5-14(13)15(10-16)19-20-17/h2-10,15,20H,1H3/q+1. The highest BCUT2D eigenvalue weighted by molar-refractivity contribution is 7.17. The van der Waals surface area contributed by atoms with Gasteiger partial charge in [0.05, 0.1) is 7.11 Å². The van der Waals surface area contributed by atoms with Gasteiger partial charge < -0.3 is 4.74 Å². The highest BCUT2D eigenvalue weighted by atomic mass is 31.1. The van der Waals surface area contributed by atoms with Crippen molar-refractivity contribution in [1.82, 2.24) is 0 Å². The number of carbonyl (C=O) groups excluding carboxylic acids is 1. The molecule has 0 amide bonds. The fourth-order valence-corrected chi connectivity index (χ4v) is 2.28. The van der Waals surface area contributed by atoms with Gasteiger partial charge in [0.25, 0.3) is 0 Å². The van der Waals surface area contributed by atoms with Crippen LogP contribution in [0.2, 0.25) is 0 Å². The van der Waals surface area contributed by atoms with E-state index in [1.54, 1.807) is 13.2 Å². The quantitative estimate of drug-likeness (QED) is 0.602. The maximum atomic E-state index is 11.1. The van der Waals surface area contributed by atoms with E-state index in [0.717, 1.165) is 16.9 Å². The SMILES string of the molecule is COc1ccc(-c2ccccc2C(C=O)O[PH+]=O)cc1. The van der Waals surface area contributed by atoms with Crippen LogP contribution in [0.3, 0.4) is 0 Å². The zero-order valence-electron chi connectivity index (χ0n) is 10.9. The smallest absolute Gasteiger partial charge is 0.495 e. The average molecular weight is 289 g/mol. The summed E-state index contributed by atoms with van der Waals surface area (Å²) in [4.78, 5) is 11.1. The zero-order valence-corrected chi connectivity index (χ0v) is 11.9. The van der Waals surface area contributed by atoms with E-state index < -0.39 is 14.8 Å². The summed E-state index contributed by atoms with van der Waals surface area (Å²) in [6, 6.07) is 14.9. The van der Waals surface area contributed by atoms with Gasteiger partial charge in [-0.15, -0.1) is 4.52 Å². The molecule has 2 unspecified atom stereocenters. The Labute approximate surface area is 118 Å². The number of ether oxygens (including phenoxy) is 1. The summed E-state index contributed by atoms with van der Waals surface area (Å²) in [5.74, 6) is 0.760. The Kier molecular flexibility index (Phi) is 4.99. The maximum absolute atomic E-state index is 11.1. The first-order valence-corrected chi connectivity index (χ1v) is 6.83. The predicted molar refractivity (Wildman–Crippen MR) is 77.3 cm³/mol. The lowest BCUT2D eigenvalue weighted by Crippen LogP contribution is -2.02. The summed E-state index contributed by atoms with van der Waals surface area (Å²) in [5, 5.41) is 0. The van der Waals surface area contributed by atoms with Gasteiger partial charge in [0.1, 0.15) is 5.75 Å². The van der Waals surface area contributed by atoms with E-state index in [1.165, 1.54) is 0 Å². The molecule has 0 aliphatic rings. The number of aldehydes is 1. The Balaban J connectivity index is 2.44. The average Bonchev–Trinajstić information content (AvgIpc) is 2.53. The van der Waals surface area contributed by atoms with Crippen LogP contribution in [0.1, 0.15) is 11.7 Å². The molecule has 2 aromatic rings. The molecule has 0 radical (unpaired) electrons. The fourth-order valence-electron chi connectivity index (χ4n) is 1.99. The molecule has 20 heavy (non-hydrogen) atoms. The molecule has 0 spiro atoms. The highest BCUT2D eigenvalue weighted by Crippen LogP contribution is 2.31. The zero-order chi connectivity index (χ0) is 14.4. The number of methoxy groups -OCH3 is 1. The second kappa shape index (κ2) is 6.94. The van der Waals surface area contributed by atoms with Crippen LogP contribution in [0.25, 0.3) is 11.1 Å². The Morgan fingerprint density at radius 1 is 1.10 bits per heavy atom. The molecule has 0 bridgehead atoms. The van der Waals surface area contributed by atoms with Gasteiger partial charge in [-0.2, -0.15) is 0 Å². The molecule has 0 N–H and O–H groups in total. The molecule has 2 rings (SSSR count). The van der Waals surface area contributed by atoms with Gasteiger partial charge in [0, 0.05) is 5.56 Å². The van der Waals surface area contributed by atoms with Crippen molar-refractivity contribution in [3.8, 4) is 16.9 Å². The molecule has 0 aliphatic carbocycles. The Bertz CT molecular complexity index is 595. The van der Waals surface area contributed by atoms with Crippen LogP contribution in [0.15, 0.2) is 48.5 Å². The number of rotatable bonds is 6. The summed E-state index contributed by atoms with van der Waals surface area (Å²) in [6.07, 6.45) is -0.183. The van der Waals surface area contributed by atoms with E-state index in [1.807, 2.05) is 42.5 Å². The number of hydrogen-bond donors (Lipinski definition) is 0. The summed E-state index contributed by atoms with van der Waals surface area (Å²) in [7, 11) is 0.627. The van der Waals surface area contributed by atoms with E-state index in [-0.39, 0.29) is 0 Å². The summed E-state index contributed by atoms with van der Waals surface area (Å²) < 4.78 is 20.7. The molecule has 0 fully saturated rings. The first-order chi connectivity index (χ1) is 9.80. The summed E-state index contributed by atoms with van der Waals surface area (Å²) >= 11 is 0. The van der Waals surface area contributed by atoms with Gasteiger partial charge in [-0.05, 0) is 27.8 Å². The van der Waals surface area contributed by atoms with E-state index in [2.05, 4.69) is 0 Å². The van der Waals surface area contributed by atoms with Crippen LogP contribution in [-0.4, -0.2) is 13.4 Å². The molecular formula is C15H14O4P+. The highest BCUT2D eigenvalue weighted by Gasteiger charge is 2.19. The third-order valence-electron chi connectivity index (χ3n) is 2.97. The summed E-state index contributed by atoms with van der Waals surface area (Å²) in [5.41, 5.74) is 2.49. The van der Waals surface area contributed by atoms with Gasteiger partial charge >= 0.3 is 8.69 Å². The minimum Gasteiger partial charge on any atom is -0.497 e. The molecule has 2 atom stereocenters. The topological polar surface area (TPSA) is 52.6 Å². The number of carbonyl (C=O) groups is 1. The largest absolute Gasteiger partial charge is 0.497 e. The van der Waals surface area contributed by atoms with Crippen LogP contribution in [0.4, 0.5) is 0 Å². The van der Waals surface area contributed by atoms with Gasteiger partial charge in [-0.1, -0.05) is 36.4 Å². The van der Waals surface area contributed by atoms with Crippen molar-refractivity contribution in [2.75, 3.05) is 7.11 Å². The van der Waals surface area contributed by atoms with E-state index in [0.29, 0.717) is 11.8 Å². The molecule has 0 saturated carbocycles. The van der Waals surface area contributed by atoms with E-state index in [9.17, 15) is 9.36 Å². The third kappa shape index (κ3) is 3.10. The van der Waals surface area contributed by atoms with Crippen molar-refractivity contribution < 1.29 is 18.6 Å². The molecule has 0 saturated heterocycles. The molecule has 4 nitrogen and oxygen atoms in total. The Hall–Kier alpha value is -2.03. The molecule has 0 aliphatic heterocycles. The Morgan fingerprint density at radius 3 is 2.40 bits per heavy atom. The van der Waals surface area contributed by atoms with Gasteiger partial charge in [-0.3, -0.25) is 4.79 Å². The predicted octanol–water partition coefficient (Wildman–Crippen LogP) is 3.56. The monoisotopic (exact) mass is 289 g/mol. The van der Waals surface area contributed by atoms with Gasteiger partial charge in [-0.25, -0.2) is 0 Å². The van der Waals surface area contributed by atoms with Crippen LogP contribution < -0.4 is 4.74 Å². The normalized spacial score (nSPS) is 12.1. The van der Waals surface area contributed by atoms with Crippen molar-refractivity contribution in [3.05, 3.63) is 54.1 Å². The second-order valence-corrected chi connectivity index (χ2v) is 4.48. The molecular weight excluding hydrogens is 275 g/mol. The van der Waals surface area contributed by atoms with Crippen LogP contribution in [0.5, 0.6) is 5.75 Å². The lowest BCUT2D eigenvalue weighted by Gasteiger charge is -2.11. The summed E-state index contributed by atoms with van der Waals surface area (Å²) in [6.45, 7) is 0.